The smallest absolute Gasteiger partial charge is 0.320 e. The van der Waals surface area contributed by atoms with Crippen molar-refractivity contribution < 1.29 is 9.90 Å². The summed E-state index contributed by atoms with van der Waals surface area (Å²) < 4.78 is 0. The first kappa shape index (κ1) is 10.4. The minimum absolute atomic E-state index is 0.731. The van der Waals surface area contributed by atoms with Crippen LogP contribution in [0.1, 0.15) is 6.92 Å². The Labute approximate surface area is 47.4 Å². The average Bonchev–Trinajstić information content (AvgIpc) is 1.72. The second kappa shape index (κ2) is 6.35. The Morgan fingerprint density at radius 2 is 1.75 bits per heavy atom. The fourth-order valence-electron chi connectivity index (χ4n) is 0. The fourth-order valence-corrected chi connectivity index (χ4v) is 0. The Morgan fingerprint density at radius 1 is 1.62 bits per heavy atom. The highest BCUT2D eigenvalue weighted by molar-refractivity contribution is 5.72. The molecule has 0 aromatic heterocycles. The van der Waals surface area contributed by atoms with Crippen molar-refractivity contribution in [3.63, 3.8) is 0 Å². The van der Waals surface area contributed by atoms with Gasteiger partial charge in [0.15, 0.2) is 0 Å². The van der Waals surface area contributed by atoms with E-state index in [4.69, 9.17) is 10.8 Å². The molecule has 0 aromatic carbocycles. The highest BCUT2D eigenvalue weighted by Gasteiger charge is 1.99. The molecule has 0 radical (unpaired) electrons. The van der Waals surface area contributed by atoms with Crippen LogP contribution in [0.4, 0.5) is 0 Å². The quantitative estimate of drug-likeness (QED) is 0.242. The van der Waals surface area contributed by atoms with Crippen LogP contribution in [-0.2, 0) is 4.79 Å². The van der Waals surface area contributed by atoms with Crippen LogP contribution in [0.15, 0.2) is 0 Å². The Balaban J connectivity index is 0. The van der Waals surface area contributed by atoms with Crippen LogP contribution in [0.5, 0.6) is 0 Å². The van der Waals surface area contributed by atoms with Crippen LogP contribution in [0, 0.1) is 0 Å². The van der Waals surface area contributed by atoms with Gasteiger partial charge >= 0.3 is 5.97 Å². The molecular weight excluding hydrogens is 110 g/mol. The number of aliphatic carboxylic acids is 1. The van der Waals surface area contributed by atoms with Gasteiger partial charge in [-0.3, -0.25) is 16.5 Å². The van der Waals surface area contributed by atoms with E-state index >= 15 is 0 Å². The van der Waals surface area contributed by atoms with E-state index in [0.29, 0.717) is 0 Å². The predicted molar refractivity (Wildman–Crippen MR) is 29.7 cm³/mol. The van der Waals surface area contributed by atoms with Crippen molar-refractivity contribution in [3.8, 4) is 0 Å². The van der Waals surface area contributed by atoms with Gasteiger partial charge in [-0.25, -0.2) is 0 Å². The molecule has 5 nitrogen and oxygen atoms in total. The molecule has 0 amide bonds. The highest BCUT2D eigenvalue weighted by Crippen LogP contribution is 1.68. The molecule has 0 aliphatic rings. The van der Waals surface area contributed by atoms with Crippen molar-refractivity contribution in [1.29, 1.82) is 0 Å². The van der Waals surface area contributed by atoms with Gasteiger partial charge in [-0.05, 0) is 6.92 Å². The van der Waals surface area contributed by atoms with Crippen LogP contribution < -0.4 is 17.4 Å². The van der Waals surface area contributed by atoms with Gasteiger partial charge in [0.05, 0.1) is 0 Å². The molecular formula is C3H11N3O2. The molecule has 0 fully saturated rings. The van der Waals surface area contributed by atoms with Crippen molar-refractivity contribution >= 4 is 5.97 Å². The van der Waals surface area contributed by atoms with Crippen LogP contribution in [0.25, 0.3) is 0 Å². The Hall–Kier alpha value is -0.650. The molecule has 7 N–H and O–H groups in total. The van der Waals surface area contributed by atoms with Gasteiger partial charge in [0.1, 0.15) is 6.04 Å². The molecule has 0 aliphatic heterocycles. The van der Waals surface area contributed by atoms with Gasteiger partial charge in [0.25, 0.3) is 0 Å². The Kier molecular flexibility index (Phi) is 8.22. The summed E-state index contributed by atoms with van der Waals surface area (Å²) >= 11 is 0. The molecule has 0 heterocycles. The van der Waals surface area contributed by atoms with Crippen LogP contribution in [0.2, 0.25) is 0 Å². The minimum Gasteiger partial charge on any atom is -0.480 e. The zero-order valence-electron chi connectivity index (χ0n) is 4.66. The summed E-state index contributed by atoms with van der Waals surface area (Å²) in [4.78, 5) is 9.57. The lowest BCUT2D eigenvalue weighted by atomic mass is 10.4. The third-order valence-corrected chi connectivity index (χ3v) is 0.390. The maximum Gasteiger partial charge on any atom is 0.320 e. The minimum atomic E-state index is -0.963. The lowest BCUT2D eigenvalue weighted by molar-refractivity contribution is -0.138. The lowest BCUT2D eigenvalue weighted by Gasteiger charge is -1.90. The molecule has 0 rings (SSSR count). The van der Waals surface area contributed by atoms with Crippen molar-refractivity contribution in [1.82, 2.24) is 0 Å². The van der Waals surface area contributed by atoms with E-state index in [1.165, 1.54) is 6.92 Å². The molecule has 50 valence electrons. The number of hydrogen-bond donors (Lipinski definition) is 4. The topological polar surface area (TPSA) is 115 Å². The van der Waals surface area contributed by atoms with E-state index in [2.05, 4.69) is 11.7 Å². The van der Waals surface area contributed by atoms with Crippen LogP contribution in [0.3, 0.4) is 0 Å². The summed E-state index contributed by atoms with van der Waals surface area (Å²) in [6.45, 7) is 1.42. The number of hydrazine groups is 1. The zero-order valence-corrected chi connectivity index (χ0v) is 4.66. The molecule has 0 aromatic rings. The molecule has 0 saturated heterocycles. The number of carboxylic acids is 1. The summed E-state index contributed by atoms with van der Waals surface area (Å²) in [5, 5.41) is 7.87. The first-order chi connectivity index (χ1) is 3.64. The SMILES string of the molecule is CC(N)C(=O)O.NN. The maximum atomic E-state index is 9.57. The van der Waals surface area contributed by atoms with E-state index in [1.807, 2.05) is 0 Å². The Morgan fingerprint density at radius 3 is 1.75 bits per heavy atom. The summed E-state index contributed by atoms with van der Waals surface area (Å²) in [7, 11) is 0. The first-order valence-electron chi connectivity index (χ1n) is 1.96. The number of carbonyl (C=O) groups is 1. The van der Waals surface area contributed by atoms with E-state index in [1.54, 1.807) is 0 Å². The zero-order chi connectivity index (χ0) is 7.15. The largest absolute Gasteiger partial charge is 0.480 e. The van der Waals surface area contributed by atoms with Crippen molar-refractivity contribution in [2.45, 2.75) is 13.0 Å². The molecule has 1 unspecified atom stereocenters. The monoisotopic (exact) mass is 121 g/mol. The summed E-state index contributed by atoms with van der Waals surface area (Å²) in [6, 6.07) is -0.731. The molecule has 8 heavy (non-hydrogen) atoms. The molecule has 1 atom stereocenters. The third-order valence-electron chi connectivity index (χ3n) is 0.390. The second-order valence-electron chi connectivity index (χ2n) is 1.13. The van der Waals surface area contributed by atoms with Crippen molar-refractivity contribution in [2.24, 2.45) is 17.4 Å². The second-order valence-corrected chi connectivity index (χ2v) is 1.13. The summed E-state index contributed by atoms with van der Waals surface area (Å²) in [6.07, 6.45) is 0. The van der Waals surface area contributed by atoms with Gasteiger partial charge in [0, 0.05) is 0 Å². The van der Waals surface area contributed by atoms with Gasteiger partial charge in [-0.15, -0.1) is 0 Å². The van der Waals surface area contributed by atoms with Crippen molar-refractivity contribution in [3.05, 3.63) is 0 Å². The lowest BCUT2D eigenvalue weighted by Crippen LogP contribution is -2.25. The number of nitrogens with two attached hydrogens (primary N) is 3. The fraction of sp³-hybridized carbons (Fsp3) is 0.667. The van der Waals surface area contributed by atoms with Crippen LogP contribution >= 0.6 is 0 Å². The van der Waals surface area contributed by atoms with Crippen molar-refractivity contribution in [2.75, 3.05) is 0 Å². The van der Waals surface area contributed by atoms with Gasteiger partial charge in [-0.1, -0.05) is 0 Å². The van der Waals surface area contributed by atoms with E-state index in [0.717, 1.165) is 0 Å². The first-order valence-corrected chi connectivity index (χ1v) is 1.96. The van der Waals surface area contributed by atoms with E-state index < -0.39 is 12.0 Å². The van der Waals surface area contributed by atoms with Gasteiger partial charge in [-0.2, -0.15) is 0 Å². The van der Waals surface area contributed by atoms with E-state index in [-0.39, 0.29) is 0 Å². The maximum absolute atomic E-state index is 9.57. The predicted octanol–water partition coefficient (Wildman–Crippen LogP) is -1.76. The van der Waals surface area contributed by atoms with Gasteiger partial charge in [0.2, 0.25) is 0 Å². The molecule has 0 bridgehead atoms. The molecule has 0 aliphatic carbocycles. The number of hydrogen-bond acceptors (Lipinski definition) is 4. The standard InChI is InChI=1S/C3H7NO2.H4N2/c1-2(4)3(5)6;1-2/h2H,4H2,1H3,(H,5,6);1-2H2. The summed E-state index contributed by atoms with van der Waals surface area (Å²) in [5.41, 5.74) is 4.84. The normalized spacial score (nSPS) is 11.0. The molecule has 0 spiro atoms. The van der Waals surface area contributed by atoms with Gasteiger partial charge < -0.3 is 10.8 Å². The third kappa shape index (κ3) is 9.02. The van der Waals surface area contributed by atoms with Crippen LogP contribution in [-0.4, -0.2) is 17.1 Å². The highest BCUT2D eigenvalue weighted by atomic mass is 16.4. The molecule has 5 heteroatoms. The summed E-state index contributed by atoms with van der Waals surface area (Å²) in [5.74, 6) is 7.04. The number of rotatable bonds is 1. The molecule has 0 saturated carbocycles. The Bertz CT molecular complexity index is 63.5. The van der Waals surface area contributed by atoms with E-state index in [9.17, 15) is 4.79 Å². The average molecular weight is 121 g/mol. The number of carboxylic acid groups (broad SMARTS) is 1.